The molecule has 5 N–H and O–H groups in total. The lowest BCUT2D eigenvalue weighted by atomic mass is 9.94. The van der Waals surface area contributed by atoms with Gasteiger partial charge in [0.1, 0.15) is 5.69 Å². The number of primary amides is 1. The fourth-order valence-corrected chi connectivity index (χ4v) is 3.11. The van der Waals surface area contributed by atoms with Crippen LogP contribution in [-0.4, -0.2) is 30.6 Å². The third-order valence-corrected chi connectivity index (χ3v) is 4.36. The molecule has 0 saturated heterocycles. The number of nitrogens with zero attached hydrogens (tertiary/aromatic N) is 4. The molecular formula is C18H17N7O. The van der Waals surface area contributed by atoms with Gasteiger partial charge in [-0.3, -0.25) is 9.89 Å². The molecule has 3 heterocycles. The SMILES string of the molecule is Cc1ccc2[nH]ncc2c1-c1cc(-c2cn(C)cn2)nc(C(N)=O)c1N. The highest BCUT2D eigenvalue weighted by atomic mass is 16.1. The summed E-state index contributed by atoms with van der Waals surface area (Å²) in [5, 5.41) is 7.97. The molecule has 0 aliphatic carbocycles. The average Bonchev–Trinajstić information content (AvgIpc) is 3.24. The lowest BCUT2D eigenvalue weighted by molar-refractivity contribution is 0.0996. The van der Waals surface area contributed by atoms with Gasteiger partial charge in [-0.25, -0.2) is 9.97 Å². The van der Waals surface area contributed by atoms with Crippen LogP contribution in [-0.2, 0) is 7.05 Å². The molecule has 1 aromatic carbocycles. The van der Waals surface area contributed by atoms with Crippen molar-refractivity contribution >= 4 is 22.5 Å². The van der Waals surface area contributed by atoms with Crippen LogP contribution in [0.5, 0.6) is 0 Å². The number of pyridine rings is 1. The second-order valence-electron chi connectivity index (χ2n) is 6.19. The first-order chi connectivity index (χ1) is 12.5. The summed E-state index contributed by atoms with van der Waals surface area (Å²) in [5.41, 5.74) is 16.7. The number of benzene rings is 1. The monoisotopic (exact) mass is 347 g/mol. The number of hydrogen-bond acceptors (Lipinski definition) is 5. The van der Waals surface area contributed by atoms with Crippen LogP contribution >= 0.6 is 0 Å². The van der Waals surface area contributed by atoms with E-state index in [1.807, 2.05) is 38.4 Å². The highest BCUT2D eigenvalue weighted by Gasteiger charge is 2.20. The van der Waals surface area contributed by atoms with Crippen molar-refractivity contribution in [3.63, 3.8) is 0 Å². The molecule has 0 aliphatic heterocycles. The van der Waals surface area contributed by atoms with Crippen LogP contribution in [0.15, 0.2) is 36.9 Å². The summed E-state index contributed by atoms with van der Waals surface area (Å²) in [5.74, 6) is -0.682. The second-order valence-corrected chi connectivity index (χ2v) is 6.19. The van der Waals surface area contributed by atoms with Crippen LogP contribution in [0.3, 0.4) is 0 Å². The number of aromatic amines is 1. The zero-order valence-electron chi connectivity index (χ0n) is 14.3. The first kappa shape index (κ1) is 15.8. The number of carbonyl (C=O) groups is 1. The van der Waals surface area contributed by atoms with E-state index in [4.69, 9.17) is 11.5 Å². The molecule has 26 heavy (non-hydrogen) atoms. The van der Waals surface area contributed by atoms with E-state index < -0.39 is 5.91 Å². The molecule has 4 aromatic rings. The Bertz CT molecular complexity index is 1160. The largest absolute Gasteiger partial charge is 0.396 e. The van der Waals surface area contributed by atoms with Crippen LogP contribution in [0.4, 0.5) is 5.69 Å². The van der Waals surface area contributed by atoms with Crippen molar-refractivity contribution < 1.29 is 4.79 Å². The number of anilines is 1. The van der Waals surface area contributed by atoms with Gasteiger partial charge in [0, 0.05) is 24.2 Å². The van der Waals surface area contributed by atoms with Gasteiger partial charge in [0.2, 0.25) is 0 Å². The number of hydrogen-bond donors (Lipinski definition) is 3. The number of fused-ring (bicyclic) bond motifs is 1. The Morgan fingerprint density at radius 3 is 2.77 bits per heavy atom. The Balaban J connectivity index is 2.07. The molecule has 3 aromatic heterocycles. The molecule has 8 heteroatoms. The zero-order valence-corrected chi connectivity index (χ0v) is 14.3. The van der Waals surface area contributed by atoms with E-state index in [2.05, 4.69) is 20.2 Å². The predicted molar refractivity (Wildman–Crippen MR) is 99.2 cm³/mol. The van der Waals surface area contributed by atoms with E-state index in [-0.39, 0.29) is 11.4 Å². The minimum Gasteiger partial charge on any atom is -0.396 e. The topological polar surface area (TPSA) is 128 Å². The van der Waals surface area contributed by atoms with Gasteiger partial charge in [-0.1, -0.05) is 6.07 Å². The molecular weight excluding hydrogens is 330 g/mol. The number of aromatic nitrogens is 5. The van der Waals surface area contributed by atoms with E-state index in [1.165, 1.54) is 0 Å². The van der Waals surface area contributed by atoms with Gasteiger partial charge in [-0.2, -0.15) is 5.10 Å². The molecule has 0 radical (unpaired) electrons. The van der Waals surface area contributed by atoms with Gasteiger partial charge in [-0.15, -0.1) is 0 Å². The molecule has 0 saturated carbocycles. The molecule has 0 fully saturated rings. The number of amides is 1. The maximum Gasteiger partial charge on any atom is 0.269 e. The number of nitrogens with two attached hydrogens (primary N) is 2. The highest BCUT2D eigenvalue weighted by Crippen LogP contribution is 2.37. The van der Waals surface area contributed by atoms with Crippen molar-refractivity contribution in [2.24, 2.45) is 12.8 Å². The summed E-state index contributed by atoms with van der Waals surface area (Å²) in [7, 11) is 1.86. The van der Waals surface area contributed by atoms with Gasteiger partial charge in [0.05, 0.1) is 29.4 Å². The Labute approximate surface area is 148 Å². The fourth-order valence-electron chi connectivity index (χ4n) is 3.11. The summed E-state index contributed by atoms with van der Waals surface area (Å²) < 4.78 is 1.80. The molecule has 4 rings (SSSR count). The molecule has 130 valence electrons. The Kier molecular flexibility index (Phi) is 3.47. The molecule has 0 atom stereocenters. The number of nitrogen functional groups attached to an aromatic ring is 1. The van der Waals surface area contributed by atoms with Crippen LogP contribution in [0, 0.1) is 6.92 Å². The van der Waals surface area contributed by atoms with Crippen LogP contribution in [0.1, 0.15) is 16.1 Å². The fraction of sp³-hybridized carbons (Fsp3) is 0.111. The standard InChI is InChI=1S/C18H17N7O/c1-9-3-4-12-11(6-22-24-12)15(9)10-5-13(14-7-25(2)8-21-14)23-17(16(10)19)18(20)26/h3-8H,19H2,1-2H3,(H2,20,26)(H,22,24). The van der Waals surface area contributed by atoms with Crippen molar-refractivity contribution in [2.75, 3.05) is 5.73 Å². The lowest BCUT2D eigenvalue weighted by Gasteiger charge is -2.14. The molecule has 8 nitrogen and oxygen atoms in total. The average molecular weight is 347 g/mol. The van der Waals surface area contributed by atoms with Crippen molar-refractivity contribution in [3.05, 3.63) is 48.2 Å². The number of rotatable bonds is 3. The van der Waals surface area contributed by atoms with Crippen LogP contribution < -0.4 is 11.5 Å². The van der Waals surface area contributed by atoms with Gasteiger partial charge >= 0.3 is 0 Å². The summed E-state index contributed by atoms with van der Waals surface area (Å²) >= 11 is 0. The van der Waals surface area contributed by atoms with Gasteiger partial charge in [-0.05, 0) is 30.2 Å². The maximum atomic E-state index is 11.9. The minimum atomic E-state index is -0.682. The Morgan fingerprint density at radius 1 is 1.27 bits per heavy atom. The highest BCUT2D eigenvalue weighted by molar-refractivity contribution is 6.05. The molecule has 0 unspecified atom stereocenters. The van der Waals surface area contributed by atoms with Crippen molar-refractivity contribution in [2.45, 2.75) is 6.92 Å². The van der Waals surface area contributed by atoms with Gasteiger partial charge < -0.3 is 16.0 Å². The lowest BCUT2D eigenvalue weighted by Crippen LogP contribution is -2.17. The van der Waals surface area contributed by atoms with Crippen LogP contribution in [0.25, 0.3) is 33.4 Å². The second kappa shape index (κ2) is 5.69. The van der Waals surface area contributed by atoms with E-state index in [0.29, 0.717) is 17.0 Å². The van der Waals surface area contributed by atoms with Crippen LogP contribution in [0.2, 0.25) is 0 Å². The summed E-state index contributed by atoms with van der Waals surface area (Å²) in [4.78, 5) is 20.6. The van der Waals surface area contributed by atoms with E-state index in [0.717, 1.165) is 22.0 Å². The first-order valence-corrected chi connectivity index (χ1v) is 7.97. The number of nitrogens with one attached hydrogen (secondary N) is 1. The van der Waals surface area contributed by atoms with E-state index >= 15 is 0 Å². The van der Waals surface area contributed by atoms with E-state index in [1.54, 1.807) is 17.1 Å². The van der Waals surface area contributed by atoms with Gasteiger partial charge in [0.25, 0.3) is 5.91 Å². The zero-order chi connectivity index (χ0) is 18.4. The van der Waals surface area contributed by atoms with Crippen molar-refractivity contribution in [1.82, 2.24) is 24.7 Å². The van der Waals surface area contributed by atoms with Crippen molar-refractivity contribution in [1.29, 1.82) is 0 Å². The molecule has 0 bridgehead atoms. The van der Waals surface area contributed by atoms with Crippen molar-refractivity contribution in [3.8, 4) is 22.5 Å². The molecule has 1 amide bonds. The summed E-state index contributed by atoms with van der Waals surface area (Å²) in [6, 6.07) is 5.76. The minimum absolute atomic E-state index is 0.0306. The Morgan fingerprint density at radius 2 is 2.08 bits per heavy atom. The molecule has 0 spiro atoms. The third kappa shape index (κ3) is 2.39. The number of carbonyl (C=O) groups excluding carboxylic acids is 1. The summed E-state index contributed by atoms with van der Waals surface area (Å²) in [6.45, 7) is 1.98. The quantitative estimate of drug-likeness (QED) is 0.522. The number of H-pyrrole nitrogens is 1. The predicted octanol–water partition coefficient (Wildman–Crippen LogP) is 2.01. The maximum absolute atomic E-state index is 11.9. The number of imidazole rings is 1. The number of aryl methyl sites for hydroxylation is 2. The third-order valence-electron chi connectivity index (χ3n) is 4.36. The van der Waals surface area contributed by atoms with Gasteiger partial charge in [0.15, 0.2) is 5.69 Å². The van der Waals surface area contributed by atoms with E-state index in [9.17, 15) is 4.79 Å². The Hall–Kier alpha value is -3.68. The summed E-state index contributed by atoms with van der Waals surface area (Å²) in [6.07, 6.45) is 5.22. The first-order valence-electron chi connectivity index (χ1n) is 7.97. The molecule has 0 aliphatic rings. The smallest absolute Gasteiger partial charge is 0.269 e. The normalized spacial score (nSPS) is 11.2.